The maximum absolute atomic E-state index is 13.0. The van der Waals surface area contributed by atoms with E-state index in [1.807, 2.05) is 26.8 Å². The van der Waals surface area contributed by atoms with Gasteiger partial charge in [-0.25, -0.2) is 14.8 Å². The molecule has 1 saturated carbocycles. The molecule has 0 unspecified atom stereocenters. The molecule has 1 spiro atoms. The van der Waals surface area contributed by atoms with Gasteiger partial charge < -0.3 is 29.3 Å². The Bertz CT molecular complexity index is 1520. The van der Waals surface area contributed by atoms with Crippen molar-refractivity contribution in [1.82, 2.24) is 34.2 Å². The second kappa shape index (κ2) is 10.2. The highest BCUT2D eigenvalue weighted by atomic mass is 16.6. The largest absolute Gasteiger partial charge is 0.444 e. The van der Waals surface area contributed by atoms with Crippen LogP contribution >= 0.6 is 0 Å². The van der Waals surface area contributed by atoms with Crippen LogP contribution in [0.15, 0.2) is 30.6 Å². The molecule has 1 N–H and O–H groups in total. The minimum absolute atomic E-state index is 0.0370. The van der Waals surface area contributed by atoms with E-state index in [-0.39, 0.29) is 29.4 Å². The Hall–Kier alpha value is -4.22. The van der Waals surface area contributed by atoms with Gasteiger partial charge in [0.2, 0.25) is 5.95 Å². The van der Waals surface area contributed by atoms with Crippen molar-refractivity contribution in [1.29, 1.82) is 0 Å². The zero-order valence-electron chi connectivity index (χ0n) is 24.9. The third-order valence-corrected chi connectivity index (χ3v) is 8.19. The number of carbonyl (C=O) groups excluding carboxylic acids is 3. The Morgan fingerprint density at radius 3 is 2.31 bits per heavy atom. The van der Waals surface area contributed by atoms with Crippen LogP contribution in [-0.4, -0.2) is 98.0 Å². The average Bonchev–Trinajstić information content (AvgIpc) is 3.53. The number of anilines is 2. The number of likely N-dealkylation sites (tertiary alicyclic amines) is 2. The molecular weight excluding hydrogens is 536 g/mol. The number of hydrogen-bond acceptors (Lipinski definition) is 8. The van der Waals surface area contributed by atoms with E-state index in [0.717, 1.165) is 36.7 Å². The lowest BCUT2D eigenvalue weighted by Crippen LogP contribution is -2.73. The molecule has 2 aliphatic heterocycles. The van der Waals surface area contributed by atoms with Crippen molar-refractivity contribution in [3.05, 3.63) is 41.9 Å². The van der Waals surface area contributed by atoms with Crippen molar-refractivity contribution in [2.45, 2.75) is 58.1 Å². The summed E-state index contributed by atoms with van der Waals surface area (Å²) in [7, 11) is 3.51. The van der Waals surface area contributed by atoms with E-state index >= 15 is 0 Å². The summed E-state index contributed by atoms with van der Waals surface area (Å²) in [5.74, 6) is 0.753. The smallest absolute Gasteiger partial charge is 0.410 e. The third-order valence-electron chi connectivity index (χ3n) is 8.19. The van der Waals surface area contributed by atoms with E-state index in [1.165, 1.54) is 0 Å². The van der Waals surface area contributed by atoms with Crippen LogP contribution < -0.4 is 5.32 Å². The first-order chi connectivity index (χ1) is 19.9. The molecule has 12 heteroatoms. The number of hydrogen-bond donors (Lipinski definition) is 1. The fraction of sp³-hybridized carbons (Fsp3) is 0.533. The molecule has 0 bridgehead atoms. The second-order valence-electron chi connectivity index (χ2n) is 13.1. The van der Waals surface area contributed by atoms with Gasteiger partial charge in [-0.2, -0.15) is 4.98 Å². The molecule has 3 aromatic rings. The number of nitrogens with zero attached hydrogens (tertiary/aromatic N) is 7. The van der Waals surface area contributed by atoms with Gasteiger partial charge in [0.1, 0.15) is 22.8 Å². The van der Waals surface area contributed by atoms with E-state index in [2.05, 4.69) is 19.9 Å². The highest BCUT2D eigenvalue weighted by molar-refractivity contribution is 5.98. The third kappa shape index (κ3) is 5.25. The number of nitrogens with one attached hydrogen (secondary N) is 1. The van der Waals surface area contributed by atoms with E-state index in [0.29, 0.717) is 49.2 Å². The summed E-state index contributed by atoms with van der Waals surface area (Å²) in [5.41, 5.74) is 1.29. The average molecular weight is 575 g/mol. The Kier molecular flexibility index (Phi) is 6.81. The molecule has 3 fully saturated rings. The number of rotatable bonds is 5. The van der Waals surface area contributed by atoms with E-state index in [4.69, 9.17) is 9.72 Å². The van der Waals surface area contributed by atoms with E-state index < -0.39 is 5.60 Å². The minimum Gasteiger partial charge on any atom is -0.444 e. The van der Waals surface area contributed by atoms with E-state index in [9.17, 15) is 14.4 Å². The maximum Gasteiger partial charge on any atom is 0.410 e. The maximum atomic E-state index is 13.0. The Morgan fingerprint density at radius 1 is 1.00 bits per heavy atom. The topological polar surface area (TPSA) is 126 Å². The zero-order valence-corrected chi connectivity index (χ0v) is 24.9. The lowest BCUT2D eigenvalue weighted by atomic mass is 9.73. The van der Waals surface area contributed by atoms with Gasteiger partial charge in [0.15, 0.2) is 0 Å². The van der Waals surface area contributed by atoms with Crippen LogP contribution in [0, 0.1) is 5.41 Å². The number of ether oxygens (including phenoxy) is 1. The van der Waals surface area contributed by atoms with Crippen LogP contribution in [-0.2, 0) is 4.74 Å². The molecule has 0 atom stereocenters. The molecule has 6 rings (SSSR count). The van der Waals surface area contributed by atoms with Crippen LogP contribution in [0.3, 0.4) is 0 Å². The highest BCUT2D eigenvalue weighted by Crippen LogP contribution is 2.41. The van der Waals surface area contributed by atoms with Crippen molar-refractivity contribution in [3.63, 3.8) is 0 Å². The van der Waals surface area contributed by atoms with Gasteiger partial charge in [-0.3, -0.25) is 9.59 Å². The summed E-state index contributed by atoms with van der Waals surface area (Å²) in [6.07, 6.45) is 7.27. The number of fused-ring (bicyclic) bond motifs is 1. The monoisotopic (exact) mass is 574 g/mol. The van der Waals surface area contributed by atoms with Gasteiger partial charge in [0, 0.05) is 69.5 Å². The SMILES string of the molecule is CN(C)C(=O)c1cc2cnc(Nc3ccc(C(=O)N4CC5(CN(C(=O)OC(C)(C)C)C5)C4)cn3)nc2n1C1CCCC1. The molecule has 12 nitrogen and oxygen atoms in total. The number of pyridine rings is 1. The summed E-state index contributed by atoms with van der Waals surface area (Å²) >= 11 is 0. The summed E-state index contributed by atoms with van der Waals surface area (Å²) < 4.78 is 7.51. The van der Waals surface area contributed by atoms with Gasteiger partial charge in [-0.1, -0.05) is 12.8 Å². The van der Waals surface area contributed by atoms with Gasteiger partial charge >= 0.3 is 6.09 Å². The number of amides is 3. The fourth-order valence-corrected chi connectivity index (χ4v) is 6.21. The fourth-order valence-electron chi connectivity index (χ4n) is 6.21. The zero-order chi connectivity index (χ0) is 29.8. The molecule has 3 aromatic heterocycles. The molecular formula is C30H38N8O4. The molecule has 1 aliphatic carbocycles. The summed E-state index contributed by atoms with van der Waals surface area (Å²) in [6.45, 7) is 7.98. The Morgan fingerprint density at radius 2 is 1.69 bits per heavy atom. The Labute approximate surface area is 245 Å². The predicted molar refractivity (Wildman–Crippen MR) is 157 cm³/mol. The van der Waals surface area contributed by atoms with Gasteiger partial charge in [0.25, 0.3) is 11.8 Å². The molecule has 0 radical (unpaired) electrons. The van der Waals surface area contributed by atoms with Crippen molar-refractivity contribution in [2.75, 3.05) is 45.6 Å². The van der Waals surface area contributed by atoms with Crippen molar-refractivity contribution < 1.29 is 19.1 Å². The van der Waals surface area contributed by atoms with Crippen LogP contribution in [0.4, 0.5) is 16.6 Å². The molecule has 3 amide bonds. The van der Waals surface area contributed by atoms with Crippen molar-refractivity contribution in [3.8, 4) is 0 Å². The second-order valence-corrected chi connectivity index (χ2v) is 13.1. The van der Waals surface area contributed by atoms with Crippen LogP contribution in [0.25, 0.3) is 11.0 Å². The van der Waals surface area contributed by atoms with E-state index in [1.54, 1.807) is 53.3 Å². The van der Waals surface area contributed by atoms with Crippen molar-refractivity contribution in [2.24, 2.45) is 5.41 Å². The van der Waals surface area contributed by atoms with Crippen LogP contribution in [0.1, 0.15) is 73.3 Å². The number of carbonyl (C=O) groups is 3. The molecule has 3 aliphatic rings. The normalized spacial score (nSPS) is 18.1. The van der Waals surface area contributed by atoms with Crippen molar-refractivity contribution >= 4 is 40.7 Å². The molecule has 2 saturated heterocycles. The van der Waals surface area contributed by atoms with Crippen LogP contribution in [0.2, 0.25) is 0 Å². The first-order valence-electron chi connectivity index (χ1n) is 14.5. The van der Waals surface area contributed by atoms with Gasteiger partial charge in [-0.05, 0) is 51.8 Å². The van der Waals surface area contributed by atoms with Gasteiger partial charge in [-0.15, -0.1) is 0 Å². The highest BCUT2D eigenvalue weighted by Gasteiger charge is 2.55. The lowest BCUT2D eigenvalue weighted by molar-refractivity contribution is -0.0980. The predicted octanol–water partition coefficient (Wildman–Crippen LogP) is 4.08. The van der Waals surface area contributed by atoms with Gasteiger partial charge in [0.05, 0.1) is 5.56 Å². The summed E-state index contributed by atoms with van der Waals surface area (Å²) in [5, 5.41) is 3.96. The first kappa shape index (κ1) is 27.9. The Balaban J connectivity index is 1.10. The van der Waals surface area contributed by atoms with Crippen LogP contribution in [0.5, 0.6) is 0 Å². The summed E-state index contributed by atoms with van der Waals surface area (Å²) in [6, 6.07) is 5.58. The quantitative estimate of drug-likeness (QED) is 0.483. The summed E-state index contributed by atoms with van der Waals surface area (Å²) in [4.78, 5) is 57.0. The minimum atomic E-state index is -0.523. The molecule has 5 heterocycles. The molecule has 0 aromatic carbocycles. The molecule has 222 valence electrons. The first-order valence-corrected chi connectivity index (χ1v) is 14.5. The standard InChI is InChI=1S/C30H38N8O4/c1-29(2,3)42-28(41)37-17-30(18-37)15-36(16-30)25(39)19-10-11-23(31-13-19)33-27-32-14-20-12-22(26(40)35(4)5)38(24(20)34-27)21-8-6-7-9-21/h10-14,21H,6-9,15-18H2,1-5H3,(H,31,32,33,34). The molecule has 42 heavy (non-hydrogen) atoms. The lowest BCUT2D eigenvalue weighted by Gasteiger charge is -2.59. The number of aromatic nitrogens is 4.